The Bertz CT molecular complexity index is 1140. The maximum atomic E-state index is 13.6. The summed E-state index contributed by atoms with van der Waals surface area (Å²) >= 11 is 6.44. The number of nitrogens with one attached hydrogen (secondary N) is 1. The number of rotatable bonds is 9. The summed E-state index contributed by atoms with van der Waals surface area (Å²) in [5.41, 5.74) is 2.30. The fraction of sp³-hybridized carbons (Fsp3) is 0.310. The molecule has 1 N–H and O–H groups in total. The highest BCUT2D eigenvalue weighted by Crippen LogP contribution is 2.21. The van der Waals surface area contributed by atoms with E-state index in [1.807, 2.05) is 100 Å². The predicted octanol–water partition coefficient (Wildman–Crippen LogP) is 5.58. The highest BCUT2D eigenvalue weighted by atomic mass is 35.5. The smallest absolute Gasteiger partial charge is 0.261 e. The van der Waals surface area contributed by atoms with E-state index in [1.54, 1.807) is 11.0 Å². The molecule has 0 bridgehead atoms. The van der Waals surface area contributed by atoms with Crippen LogP contribution in [-0.4, -0.2) is 34.9 Å². The second-order valence-corrected chi connectivity index (χ2v) is 10.1. The van der Waals surface area contributed by atoms with Gasteiger partial charge in [0.25, 0.3) is 5.91 Å². The van der Waals surface area contributed by atoms with Gasteiger partial charge in [-0.2, -0.15) is 0 Å². The summed E-state index contributed by atoms with van der Waals surface area (Å²) < 4.78 is 5.82. The molecule has 0 spiro atoms. The van der Waals surface area contributed by atoms with Crippen LogP contribution in [0.2, 0.25) is 5.02 Å². The molecule has 0 radical (unpaired) electrons. The Morgan fingerprint density at radius 3 is 2.31 bits per heavy atom. The van der Waals surface area contributed by atoms with E-state index in [2.05, 4.69) is 5.32 Å². The summed E-state index contributed by atoms with van der Waals surface area (Å²) in [5.74, 6) is 0.0866. The minimum Gasteiger partial charge on any atom is -0.484 e. The van der Waals surface area contributed by atoms with Crippen molar-refractivity contribution >= 4 is 23.4 Å². The van der Waals surface area contributed by atoms with E-state index in [-0.39, 0.29) is 25.0 Å². The third kappa shape index (κ3) is 8.15. The van der Waals surface area contributed by atoms with Crippen LogP contribution in [0.5, 0.6) is 5.75 Å². The van der Waals surface area contributed by atoms with E-state index in [0.29, 0.717) is 17.2 Å². The van der Waals surface area contributed by atoms with Gasteiger partial charge in [0.1, 0.15) is 11.8 Å². The third-order valence-electron chi connectivity index (χ3n) is 5.42. The summed E-state index contributed by atoms with van der Waals surface area (Å²) in [6, 6.07) is 23.8. The third-order valence-corrected chi connectivity index (χ3v) is 5.79. The highest BCUT2D eigenvalue weighted by Gasteiger charge is 2.32. The lowest BCUT2D eigenvalue weighted by atomic mass is 10.0. The van der Waals surface area contributed by atoms with Gasteiger partial charge in [0, 0.05) is 23.5 Å². The molecule has 2 amide bonds. The zero-order chi connectivity index (χ0) is 25.4. The second-order valence-electron chi connectivity index (χ2n) is 9.66. The Labute approximate surface area is 213 Å². The van der Waals surface area contributed by atoms with Crippen LogP contribution in [0.25, 0.3) is 0 Å². The van der Waals surface area contributed by atoms with Gasteiger partial charge in [-0.15, -0.1) is 0 Å². The van der Waals surface area contributed by atoms with Gasteiger partial charge in [-0.05, 0) is 62.6 Å². The SMILES string of the molecule is Cc1cccc(OCC(=O)N(Cc2ccccc2Cl)[C@@H](Cc2ccccc2)C(=O)NC(C)(C)C)c1. The van der Waals surface area contributed by atoms with Crippen LogP contribution in [0.3, 0.4) is 0 Å². The average molecular weight is 493 g/mol. The van der Waals surface area contributed by atoms with Gasteiger partial charge < -0.3 is 15.0 Å². The van der Waals surface area contributed by atoms with Crippen LogP contribution in [0.4, 0.5) is 0 Å². The Morgan fingerprint density at radius 2 is 1.66 bits per heavy atom. The standard InChI is InChI=1S/C29H33ClN2O3/c1-21-11-10-15-24(17-21)35-20-27(33)32(19-23-14-8-9-16-25(23)30)26(28(34)31-29(2,3)4)18-22-12-6-5-7-13-22/h5-17,26H,18-20H2,1-4H3,(H,31,34)/t26-/m0/s1. The molecule has 0 unspecified atom stereocenters. The molecule has 3 aromatic carbocycles. The number of halogens is 1. The van der Waals surface area contributed by atoms with E-state index in [1.165, 1.54) is 0 Å². The van der Waals surface area contributed by atoms with Gasteiger partial charge >= 0.3 is 0 Å². The molecule has 35 heavy (non-hydrogen) atoms. The molecule has 3 aromatic rings. The zero-order valence-electron chi connectivity index (χ0n) is 20.8. The normalized spacial score (nSPS) is 12.0. The number of aryl methyl sites for hydroxylation is 1. The quantitative estimate of drug-likeness (QED) is 0.424. The van der Waals surface area contributed by atoms with E-state index in [4.69, 9.17) is 16.3 Å². The number of benzene rings is 3. The maximum absolute atomic E-state index is 13.6. The van der Waals surface area contributed by atoms with Crippen molar-refractivity contribution in [1.82, 2.24) is 10.2 Å². The largest absolute Gasteiger partial charge is 0.484 e. The molecule has 0 aliphatic heterocycles. The lowest BCUT2D eigenvalue weighted by molar-refractivity contribution is -0.143. The molecule has 0 saturated carbocycles. The van der Waals surface area contributed by atoms with Crippen molar-refractivity contribution in [2.24, 2.45) is 0 Å². The molecule has 0 aliphatic carbocycles. The van der Waals surface area contributed by atoms with Crippen LogP contribution >= 0.6 is 11.6 Å². The Morgan fingerprint density at radius 1 is 0.971 bits per heavy atom. The molecule has 1 atom stereocenters. The van der Waals surface area contributed by atoms with Crippen LogP contribution in [0, 0.1) is 6.92 Å². The molecule has 184 valence electrons. The summed E-state index contributed by atoms with van der Waals surface area (Å²) in [6.07, 6.45) is 0.364. The van der Waals surface area contributed by atoms with Crippen LogP contribution in [0.1, 0.15) is 37.5 Å². The maximum Gasteiger partial charge on any atom is 0.261 e. The second kappa shape index (κ2) is 11.9. The number of amides is 2. The first-order valence-electron chi connectivity index (χ1n) is 11.7. The van der Waals surface area contributed by atoms with Crippen LogP contribution in [-0.2, 0) is 22.6 Å². The fourth-order valence-corrected chi connectivity index (χ4v) is 3.95. The van der Waals surface area contributed by atoms with Crippen molar-refractivity contribution < 1.29 is 14.3 Å². The van der Waals surface area contributed by atoms with Crippen molar-refractivity contribution in [3.8, 4) is 5.75 Å². The molecule has 0 fully saturated rings. The number of carbonyl (C=O) groups is 2. The molecule has 0 aliphatic rings. The van der Waals surface area contributed by atoms with E-state index in [9.17, 15) is 9.59 Å². The van der Waals surface area contributed by atoms with Crippen molar-refractivity contribution in [3.63, 3.8) is 0 Å². The minimum absolute atomic E-state index is 0.185. The number of nitrogens with zero attached hydrogens (tertiary/aromatic N) is 1. The first-order chi connectivity index (χ1) is 16.6. The Balaban J connectivity index is 1.94. The zero-order valence-corrected chi connectivity index (χ0v) is 21.5. The van der Waals surface area contributed by atoms with Gasteiger partial charge in [0.05, 0.1) is 0 Å². The van der Waals surface area contributed by atoms with Crippen molar-refractivity contribution in [2.75, 3.05) is 6.61 Å². The summed E-state index contributed by atoms with van der Waals surface area (Å²) in [7, 11) is 0. The monoisotopic (exact) mass is 492 g/mol. The summed E-state index contributed by atoms with van der Waals surface area (Å²) in [5, 5.41) is 3.59. The fourth-order valence-electron chi connectivity index (χ4n) is 3.75. The Hall–Kier alpha value is -3.31. The van der Waals surface area contributed by atoms with Crippen molar-refractivity contribution in [2.45, 2.75) is 52.2 Å². The molecule has 0 aromatic heterocycles. The average Bonchev–Trinajstić information content (AvgIpc) is 2.80. The van der Waals surface area contributed by atoms with Crippen LogP contribution < -0.4 is 10.1 Å². The summed E-state index contributed by atoms with van der Waals surface area (Å²) in [6.45, 7) is 7.72. The van der Waals surface area contributed by atoms with Gasteiger partial charge in [-0.1, -0.05) is 72.3 Å². The summed E-state index contributed by atoms with van der Waals surface area (Å²) in [4.78, 5) is 28.7. The molecule has 0 heterocycles. The lowest BCUT2D eigenvalue weighted by Gasteiger charge is -2.34. The van der Waals surface area contributed by atoms with Crippen molar-refractivity contribution in [3.05, 3.63) is 101 Å². The van der Waals surface area contributed by atoms with Crippen LogP contribution in [0.15, 0.2) is 78.9 Å². The number of hydrogen-bond donors (Lipinski definition) is 1. The molecule has 5 nitrogen and oxygen atoms in total. The Kier molecular flexibility index (Phi) is 8.94. The number of ether oxygens (including phenoxy) is 1. The highest BCUT2D eigenvalue weighted by molar-refractivity contribution is 6.31. The van der Waals surface area contributed by atoms with E-state index in [0.717, 1.165) is 16.7 Å². The first kappa shape index (κ1) is 26.3. The molecular weight excluding hydrogens is 460 g/mol. The van der Waals surface area contributed by atoms with Gasteiger partial charge in [0.2, 0.25) is 5.91 Å². The minimum atomic E-state index is -0.749. The number of carbonyl (C=O) groups excluding carboxylic acids is 2. The van der Waals surface area contributed by atoms with Crippen molar-refractivity contribution in [1.29, 1.82) is 0 Å². The van der Waals surface area contributed by atoms with Gasteiger partial charge in [-0.25, -0.2) is 0 Å². The predicted molar refractivity (Wildman–Crippen MR) is 141 cm³/mol. The topological polar surface area (TPSA) is 58.6 Å². The van der Waals surface area contributed by atoms with Gasteiger partial charge in [-0.3, -0.25) is 9.59 Å². The molecule has 6 heteroatoms. The number of hydrogen-bond acceptors (Lipinski definition) is 3. The first-order valence-corrected chi connectivity index (χ1v) is 12.1. The molecule has 3 rings (SSSR count). The van der Waals surface area contributed by atoms with Gasteiger partial charge in [0.15, 0.2) is 6.61 Å². The van der Waals surface area contributed by atoms with E-state index >= 15 is 0 Å². The lowest BCUT2D eigenvalue weighted by Crippen LogP contribution is -2.55. The molecule has 0 saturated heterocycles. The van der Waals surface area contributed by atoms with E-state index < -0.39 is 11.6 Å². The molecular formula is C29H33ClN2O3.